The van der Waals surface area contributed by atoms with Crippen LogP contribution in [0.3, 0.4) is 0 Å². The van der Waals surface area contributed by atoms with Crippen LogP contribution in [-0.2, 0) is 5.41 Å². The molecule has 0 spiro atoms. The number of aliphatic hydroxyl groups is 1. The van der Waals surface area contributed by atoms with E-state index in [4.69, 9.17) is 0 Å². The van der Waals surface area contributed by atoms with Gasteiger partial charge in [0.25, 0.3) is 0 Å². The number of likely N-dealkylation sites (N-methyl/N-ethyl adjacent to an activating group) is 1. The second kappa shape index (κ2) is 6.23. The summed E-state index contributed by atoms with van der Waals surface area (Å²) in [4.78, 5) is 0. The third kappa shape index (κ3) is 3.68. The Morgan fingerprint density at radius 3 is 2.48 bits per heavy atom. The SMILES string of the molecule is CNC[C@@]1(c2ccc(OC(F)(F)F)cc2)CCCC[C@@H]1O. The minimum atomic E-state index is -4.69. The normalized spacial score (nSPS) is 26.6. The molecule has 2 atom stereocenters. The summed E-state index contributed by atoms with van der Waals surface area (Å²) in [5, 5.41) is 13.5. The number of hydrogen-bond donors (Lipinski definition) is 2. The molecule has 0 saturated heterocycles. The number of rotatable bonds is 4. The number of hydrogen-bond acceptors (Lipinski definition) is 3. The summed E-state index contributed by atoms with van der Waals surface area (Å²) < 4.78 is 40.4. The maximum Gasteiger partial charge on any atom is 0.573 e. The average molecular weight is 303 g/mol. The molecule has 0 bridgehead atoms. The molecule has 0 aromatic heterocycles. The maximum absolute atomic E-state index is 12.2. The van der Waals surface area contributed by atoms with Gasteiger partial charge in [0.15, 0.2) is 0 Å². The van der Waals surface area contributed by atoms with Crippen molar-refractivity contribution in [3.05, 3.63) is 29.8 Å². The van der Waals surface area contributed by atoms with Gasteiger partial charge in [0, 0.05) is 12.0 Å². The van der Waals surface area contributed by atoms with Crippen LogP contribution in [0.25, 0.3) is 0 Å². The summed E-state index contributed by atoms with van der Waals surface area (Å²) in [6.45, 7) is 0.591. The van der Waals surface area contributed by atoms with Gasteiger partial charge in [-0.25, -0.2) is 0 Å². The molecule has 118 valence electrons. The van der Waals surface area contributed by atoms with Crippen LogP contribution in [0.1, 0.15) is 31.2 Å². The molecule has 0 heterocycles. The maximum atomic E-state index is 12.2. The molecule has 6 heteroatoms. The number of alkyl halides is 3. The van der Waals surface area contributed by atoms with Crippen molar-refractivity contribution in [2.45, 2.75) is 43.6 Å². The van der Waals surface area contributed by atoms with Gasteiger partial charge < -0.3 is 15.2 Å². The third-order valence-corrected chi connectivity index (χ3v) is 4.14. The van der Waals surface area contributed by atoms with E-state index in [0.29, 0.717) is 13.0 Å². The van der Waals surface area contributed by atoms with Crippen LogP contribution < -0.4 is 10.1 Å². The lowest BCUT2D eigenvalue weighted by molar-refractivity contribution is -0.274. The topological polar surface area (TPSA) is 41.5 Å². The first kappa shape index (κ1) is 16.1. The Balaban J connectivity index is 2.25. The van der Waals surface area contributed by atoms with Crippen LogP contribution in [0.5, 0.6) is 5.75 Å². The summed E-state index contributed by atoms with van der Waals surface area (Å²) in [6, 6.07) is 5.85. The molecule has 0 aliphatic heterocycles. The second-order valence-electron chi connectivity index (χ2n) is 5.52. The monoisotopic (exact) mass is 303 g/mol. The Labute approximate surface area is 122 Å². The molecule has 3 nitrogen and oxygen atoms in total. The Morgan fingerprint density at radius 1 is 1.29 bits per heavy atom. The zero-order chi connectivity index (χ0) is 15.5. The summed E-state index contributed by atoms with van der Waals surface area (Å²) in [5.41, 5.74) is 0.405. The molecule has 0 amide bonds. The molecule has 21 heavy (non-hydrogen) atoms. The quantitative estimate of drug-likeness (QED) is 0.898. The van der Waals surface area contributed by atoms with Crippen LogP contribution in [0.15, 0.2) is 24.3 Å². The fourth-order valence-corrected chi connectivity index (χ4v) is 3.17. The van der Waals surface area contributed by atoms with Gasteiger partial charge in [0.1, 0.15) is 5.75 Å². The fourth-order valence-electron chi connectivity index (χ4n) is 3.17. The van der Waals surface area contributed by atoms with E-state index in [1.165, 1.54) is 12.1 Å². The molecule has 1 saturated carbocycles. The van der Waals surface area contributed by atoms with Crippen molar-refractivity contribution in [2.75, 3.05) is 13.6 Å². The first-order valence-corrected chi connectivity index (χ1v) is 7.06. The highest BCUT2D eigenvalue weighted by atomic mass is 19.4. The van der Waals surface area contributed by atoms with E-state index in [1.54, 1.807) is 12.1 Å². The molecule has 1 aliphatic rings. The molecule has 1 aliphatic carbocycles. The Hall–Kier alpha value is -1.27. The van der Waals surface area contributed by atoms with E-state index in [-0.39, 0.29) is 5.75 Å². The van der Waals surface area contributed by atoms with Gasteiger partial charge in [-0.05, 0) is 37.6 Å². The number of benzene rings is 1. The lowest BCUT2D eigenvalue weighted by Crippen LogP contribution is -2.48. The number of ether oxygens (including phenoxy) is 1. The number of halogens is 3. The standard InChI is InChI=1S/C15H20F3NO2/c1-19-10-14(9-3-2-4-13(14)20)11-5-7-12(8-6-11)21-15(16,17)18/h5-8,13,19-20H,2-4,9-10H2,1H3/t13-,14+/m0/s1. The van der Waals surface area contributed by atoms with Crippen LogP contribution in [0.2, 0.25) is 0 Å². The van der Waals surface area contributed by atoms with Crippen LogP contribution in [0, 0.1) is 0 Å². The van der Waals surface area contributed by atoms with E-state index in [0.717, 1.165) is 24.8 Å². The van der Waals surface area contributed by atoms with E-state index in [9.17, 15) is 18.3 Å². The molecule has 1 aromatic carbocycles. The van der Waals surface area contributed by atoms with E-state index in [2.05, 4.69) is 10.1 Å². The van der Waals surface area contributed by atoms with Gasteiger partial charge in [0.2, 0.25) is 0 Å². The van der Waals surface area contributed by atoms with E-state index < -0.39 is 17.9 Å². The number of nitrogens with one attached hydrogen (secondary N) is 1. The molecule has 2 N–H and O–H groups in total. The number of aliphatic hydroxyl groups excluding tert-OH is 1. The molecule has 0 unspecified atom stereocenters. The van der Waals surface area contributed by atoms with Crippen LogP contribution in [0.4, 0.5) is 13.2 Å². The van der Waals surface area contributed by atoms with Crippen molar-refractivity contribution in [1.29, 1.82) is 0 Å². The van der Waals surface area contributed by atoms with Crippen molar-refractivity contribution in [3.63, 3.8) is 0 Å². The Bertz CT molecular complexity index is 457. The van der Waals surface area contributed by atoms with Gasteiger partial charge >= 0.3 is 6.36 Å². The van der Waals surface area contributed by atoms with Gasteiger partial charge in [0.05, 0.1) is 6.10 Å². The largest absolute Gasteiger partial charge is 0.573 e. The summed E-state index contributed by atoms with van der Waals surface area (Å²) in [7, 11) is 1.81. The van der Waals surface area contributed by atoms with E-state index in [1.807, 2.05) is 7.05 Å². The molecule has 2 rings (SSSR count). The highest BCUT2D eigenvalue weighted by molar-refractivity contribution is 5.34. The average Bonchev–Trinajstić information content (AvgIpc) is 2.41. The smallest absolute Gasteiger partial charge is 0.406 e. The summed E-state index contributed by atoms with van der Waals surface area (Å²) in [5.74, 6) is -0.240. The first-order valence-electron chi connectivity index (χ1n) is 7.06. The first-order chi connectivity index (χ1) is 9.87. The van der Waals surface area contributed by atoms with Crippen molar-refractivity contribution < 1.29 is 23.0 Å². The van der Waals surface area contributed by atoms with Crippen LogP contribution >= 0.6 is 0 Å². The minimum Gasteiger partial charge on any atom is -0.406 e. The van der Waals surface area contributed by atoms with Crippen molar-refractivity contribution in [3.8, 4) is 5.75 Å². The lowest BCUT2D eigenvalue weighted by Gasteiger charge is -2.42. The van der Waals surface area contributed by atoms with Gasteiger partial charge in [-0.3, -0.25) is 0 Å². The third-order valence-electron chi connectivity index (χ3n) is 4.14. The van der Waals surface area contributed by atoms with Crippen molar-refractivity contribution in [1.82, 2.24) is 5.32 Å². The van der Waals surface area contributed by atoms with Gasteiger partial charge in [-0.1, -0.05) is 25.0 Å². The zero-order valence-corrected chi connectivity index (χ0v) is 11.9. The predicted octanol–water partition coefficient (Wildman–Crippen LogP) is 2.98. The fraction of sp³-hybridized carbons (Fsp3) is 0.600. The minimum absolute atomic E-state index is 0.240. The zero-order valence-electron chi connectivity index (χ0n) is 11.9. The molecular formula is C15H20F3NO2. The molecule has 1 aromatic rings. The molecule has 1 fully saturated rings. The van der Waals surface area contributed by atoms with Crippen molar-refractivity contribution in [2.24, 2.45) is 0 Å². The predicted molar refractivity (Wildman–Crippen MR) is 73.2 cm³/mol. The van der Waals surface area contributed by atoms with Crippen LogP contribution in [-0.4, -0.2) is 31.2 Å². The highest BCUT2D eigenvalue weighted by Crippen LogP contribution is 2.40. The highest BCUT2D eigenvalue weighted by Gasteiger charge is 2.41. The Kier molecular flexibility index (Phi) is 4.78. The van der Waals surface area contributed by atoms with E-state index >= 15 is 0 Å². The lowest BCUT2D eigenvalue weighted by atomic mass is 9.67. The van der Waals surface area contributed by atoms with Crippen molar-refractivity contribution >= 4 is 0 Å². The van der Waals surface area contributed by atoms with Gasteiger partial charge in [-0.2, -0.15) is 0 Å². The summed E-state index contributed by atoms with van der Waals surface area (Å²) in [6.07, 6.45) is -1.68. The van der Waals surface area contributed by atoms with Gasteiger partial charge in [-0.15, -0.1) is 13.2 Å². The molecule has 0 radical (unpaired) electrons. The Morgan fingerprint density at radius 2 is 1.95 bits per heavy atom. The summed E-state index contributed by atoms with van der Waals surface area (Å²) >= 11 is 0. The molecular weight excluding hydrogens is 283 g/mol. The second-order valence-corrected chi connectivity index (χ2v) is 5.52.